The van der Waals surface area contributed by atoms with Crippen LogP contribution in [-0.2, 0) is 11.3 Å². The topological polar surface area (TPSA) is 64.0 Å². The van der Waals surface area contributed by atoms with Crippen molar-refractivity contribution in [3.05, 3.63) is 57.2 Å². The molecular formula is C12H9Cl2N3O2. The van der Waals surface area contributed by atoms with Crippen molar-refractivity contribution in [2.24, 2.45) is 0 Å². The summed E-state index contributed by atoms with van der Waals surface area (Å²) in [5.74, 6) is -0.376. The van der Waals surface area contributed by atoms with E-state index in [9.17, 15) is 9.59 Å². The van der Waals surface area contributed by atoms with E-state index in [2.05, 4.69) is 10.3 Å². The van der Waals surface area contributed by atoms with Gasteiger partial charge in [-0.15, -0.1) is 0 Å². The normalized spacial score (nSPS) is 10.2. The van der Waals surface area contributed by atoms with Crippen LogP contribution < -0.4 is 10.9 Å². The van der Waals surface area contributed by atoms with Gasteiger partial charge in [0.05, 0.1) is 17.0 Å². The zero-order valence-electron chi connectivity index (χ0n) is 9.64. The third-order valence-corrected chi connectivity index (χ3v) is 2.84. The lowest BCUT2D eigenvalue weighted by atomic mass is 10.3. The molecule has 0 aliphatic rings. The molecule has 0 unspecified atom stereocenters. The first-order valence-corrected chi connectivity index (χ1v) is 6.08. The van der Waals surface area contributed by atoms with Gasteiger partial charge in [-0.3, -0.25) is 14.2 Å². The van der Waals surface area contributed by atoms with Gasteiger partial charge in [-0.25, -0.2) is 4.98 Å². The minimum Gasteiger partial charge on any atom is -0.323 e. The fourth-order valence-corrected chi connectivity index (χ4v) is 1.75. The molecule has 1 aromatic carbocycles. The van der Waals surface area contributed by atoms with Gasteiger partial charge in [0.15, 0.2) is 0 Å². The molecule has 1 amide bonds. The summed E-state index contributed by atoms with van der Waals surface area (Å²) in [4.78, 5) is 27.0. The van der Waals surface area contributed by atoms with E-state index in [1.165, 1.54) is 6.33 Å². The van der Waals surface area contributed by atoms with Crippen LogP contribution in [0.4, 0.5) is 5.69 Å². The Morgan fingerprint density at radius 3 is 2.74 bits per heavy atom. The lowest BCUT2D eigenvalue weighted by Gasteiger charge is -2.08. The molecule has 0 fully saturated rings. The zero-order chi connectivity index (χ0) is 13.8. The second-order valence-corrected chi connectivity index (χ2v) is 4.50. The predicted molar refractivity (Wildman–Crippen MR) is 73.6 cm³/mol. The molecule has 0 saturated heterocycles. The SMILES string of the molecule is O=C(Cn1cnc(Cl)cc1=O)Nc1ccccc1Cl. The largest absolute Gasteiger partial charge is 0.323 e. The second-order valence-electron chi connectivity index (χ2n) is 3.71. The molecule has 0 spiro atoms. The number of amides is 1. The number of halogens is 2. The Bertz CT molecular complexity index is 670. The van der Waals surface area contributed by atoms with Crippen LogP contribution in [-0.4, -0.2) is 15.5 Å². The molecule has 0 bridgehead atoms. The molecule has 1 aromatic heterocycles. The van der Waals surface area contributed by atoms with Gasteiger partial charge in [0, 0.05) is 6.07 Å². The van der Waals surface area contributed by atoms with Crippen LogP contribution in [0.3, 0.4) is 0 Å². The molecule has 98 valence electrons. The van der Waals surface area contributed by atoms with Crippen LogP contribution in [0.5, 0.6) is 0 Å². The number of nitrogens with zero attached hydrogens (tertiary/aromatic N) is 2. The van der Waals surface area contributed by atoms with Crippen molar-refractivity contribution in [1.29, 1.82) is 0 Å². The Kier molecular flexibility index (Phi) is 4.19. The lowest BCUT2D eigenvalue weighted by Crippen LogP contribution is -2.27. The average Bonchev–Trinajstić information content (AvgIpc) is 2.36. The number of para-hydroxylation sites is 1. The van der Waals surface area contributed by atoms with Crippen molar-refractivity contribution < 1.29 is 4.79 Å². The molecule has 1 heterocycles. The van der Waals surface area contributed by atoms with Crippen LogP contribution in [0.1, 0.15) is 0 Å². The van der Waals surface area contributed by atoms with Gasteiger partial charge in [-0.05, 0) is 12.1 Å². The minimum atomic E-state index is -0.394. The highest BCUT2D eigenvalue weighted by Crippen LogP contribution is 2.20. The summed E-state index contributed by atoms with van der Waals surface area (Å²) >= 11 is 11.5. The van der Waals surface area contributed by atoms with Crippen molar-refractivity contribution in [1.82, 2.24) is 9.55 Å². The summed E-state index contributed by atoms with van der Waals surface area (Å²) in [5.41, 5.74) is 0.0958. The van der Waals surface area contributed by atoms with Gasteiger partial charge >= 0.3 is 0 Å². The molecule has 0 radical (unpaired) electrons. The number of carbonyl (C=O) groups excluding carboxylic acids is 1. The summed E-state index contributed by atoms with van der Waals surface area (Å²) in [5, 5.41) is 3.13. The van der Waals surface area contributed by atoms with Crippen molar-refractivity contribution >= 4 is 34.8 Å². The van der Waals surface area contributed by atoms with Crippen molar-refractivity contribution in [3.63, 3.8) is 0 Å². The van der Waals surface area contributed by atoms with Gasteiger partial charge in [0.25, 0.3) is 5.56 Å². The third kappa shape index (κ3) is 3.56. The van der Waals surface area contributed by atoms with Gasteiger partial charge in [-0.1, -0.05) is 35.3 Å². The van der Waals surface area contributed by atoms with E-state index in [-0.39, 0.29) is 17.6 Å². The van der Waals surface area contributed by atoms with Gasteiger partial charge in [0.1, 0.15) is 11.7 Å². The molecule has 5 nitrogen and oxygen atoms in total. The quantitative estimate of drug-likeness (QED) is 0.883. The third-order valence-electron chi connectivity index (χ3n) is 2.31. The van der Waals surface area contributed by atoms with Crippen molar-refractivity contribution in [2.45, 2.75) is 6.54 Å². The van der Waals surface area contributed by atoms with E-state index >= 15 is 0 Å². The van der Waals surface area contributed by atoms with E-state index in [0.29, 0.717) is 10.7 Å². The van der Waals surface area contributed by atoms with Crippen LogP contribution >= 0.6 is 23.2 Å². The molecule has 2 rings (SSSR count). The highest BCUT2D eigenvalue weighted by molar-refractivity contribution is 6.33. The molecule has 0 aliphatic heterocycles. The maximum absolute atomic E-state index is 11.8. The summed E-state index contributed by atoms with van der Waals surface area (Å²) < 4.78 is 1.15. The molecule has 19 heavy (non-hydrogen) atoms. The van der Waals surface area contributed by atoms with Crippen LogP contribution in [0.25, 0.3) is 0 Å². The Morgan fingerprint density at radius 2 is 2.05 bits per heavy atom. The molecule has 0 aliphatic carbocycles. The van der Waals surface area contributed by atoms with Gasteiger partial charge in [0.2, 0.25) is 5.91 Å². The molecule has 0 atom stereocenters. The first-order chi connectivity index (χ1) is 9.06. The minimum absolute atomic E-state index is 0.0905. The lowest BCUT2D eigenvalue weighted by molar-refractivity contribution is -0.116. The van der Waals surface area contributed by atoms with Gasteiger partial charge in [-0.2, -0.15) is 0 Å². The molecule has 7 heteroatoms. The summed E-state index contributed by atoms with van der Waals surface area (Å²) in [7, 11) is 0. The van der Waals surface area contributed by atoms with Crippen molar-refractivity contribution in [3.8, 4) is 0 Å². The number of hydrogen-bond donors (Lipinski definition) is 1. The zero-order valence-corrected chi connectivity index (χ0v) is 11.1. The molecular weight excluding hydrogens is 289 g/mol. The highest BCUT2D eigenvalue weighted by Gasteiger charge is 2.07. The van der Waals surface area contributed by atoms with Crippen LogP contribution in [0.2, 0.25) is 10.2 Å². The molecule has 0 saturated carbocycles. The van der Waals surface area contributed by atoms with E-state index < -0.39 is 5.56 Å². The van der Waals surface area contributed by atoms with Crippen LogP contribution in [0.15, 0.2) is 41.5 Å². The van der Waals surface area contributed by atoms with E-state index in [1.807, 2.05) is 0 Å². The number of benzene rings is 1. The van der Waals surface area contributed by atoms with Gasteiger partial charge < -0.3 is 5.32 Å². The summed E-state index contributed by atoms with van der Waals surface area (Å²) in [6, 6.07) is 7.98. The highest BCUT2D eigenvalue weighted by atomic mass is 35.5. The number of nitrogens with one attached hydrogen (secondary N) is 1. The Hall–Kier alpha value is -1.85. The van der Waals surface area contributed by atoms with E-state index in [4.69, 9.17) is 23.2 Å². The number of hydrogen-bond acceptors (Lipinski definition) is 3. The average molecular weight is 298 g/mol. The standard InChI is InChI=1S/C12H9Cl2N3O2/c13-8-3-1-2-4-9(8)16-11(18)6-17-7-15-10(14)5-12(17)19/h1-5,7H,6H2,(H,16,18). The fraction of sp³-hybridized carbons (Fsp3) is 0.0833. The first-order valence-electron chi connectivity index (χ1n) is 5.32. The number of aromatic nitrogens is 2. The maximum atomic E-state index is 11.8. The monoisotopic (exact) mass is 297 g/mol. The Morgan fingerprint density at radius 1 is 1.32 bits per heavy atom. The number of carbonyl (C=O) groups is 1. The van der Waals surface area contributed by atoms with Crippen LogP contribution in [0, 0.1) is 0 Å². The Balaban J connectivity index is 2.10. The summed E-state index contributed by atoms with van der Waals surface area (Å²) in [6.07, 6.45) is 1.22. The predicted octanol–water partition coefficient (Wildman–Crippen LogP) is 2.19. The smallest absolute Gasteiger partial charge is 0.255 e. The number of anilines is 1. The van der Waals surface area contributed by atoms with E-state index in [0.717, 1.165) is 10.6 Å². The molecule has 1 N–H and O–H groups in total. The van der Waals surface area contributed by atoms with Crippen molar-refractivity contribution in [2.75, 3.05) is 5.32 Å². The summed E-state index contributed by atoms with van der Waals surface area (Å²) in [6.45, 7) is -0.159. The second kappa shape index (κ2) is 5.86. The molecule has 2 aromatic rings. The van der Waals surface area contributed by atoms with E-state index in [1.54, 1.807) is 24.3 Å². The maximum Gasteiger partial charge on any atom is 0.255 e. The number of rotatable bonds is 3. The Labute approximate surface area is 118 Å². The fourth-order valence-electron chi connectivity index (χ4n) is 1.43. The first kappa shape index (κ1) is 13.6.